The quantitative estimate of drug-likeness (QED) is 0.519. The molecule has 0 aromatic heterocycles. The van der Waals surface area contributed by atoms with Gasteiger partial charge in [-0.25, -0.2) is 4.42 Å². The minimum absolute atomic E-state index is 0.193. The van der Waals surface area contributed by atoms with E-state index < -0.39 is 0 Å². The number of hydrogen-bond donors (Lipinski definition) is 0. The fourth-order valence-electron chi connectivity index (χ4n) is 1.59. The molecule has 2 aliphatic rings. The van der Waals surface area contributed by atoms with Gasteiger partial charge in [0.15, 0.2) is 0 Å². The van der Waals surface area contributed by atoms with Crippen LogP contribution in [0, 0.1) is 0 Å². The van der Waals surface area contributed by atoms with Gasteiger partial charge in [-0.1, -0.05) is 52.0 Å². The number of thioether (sulfide) groups is 1. The van der Waals surface area contributed by atoms with Crippen molar-refractivity contribution < 1.29 is 4.42 Å². The molecule has 1 nitrogen and oxygen atoms in total. The van der Waals surface area contributed by atoms with Crippen LogP contribution < -0.4 is 0 Å². The molecule has 1 heterocycles. The number of allylic oxidation sites excluding steroid dienone is 4. The molecular weight excluding hydrogens is 272 g/mol. The highest BCUT2D eigenvalue weighted by molar-refractivity contribution is 9.10. The lowest BCUT2D eigenvalue weighted by molar-refractivity contribution is -0.370. The molecule has 0 radical (unpaired) electrons. The summed E-state index contributed by atoms with van der Waals surface area (Å²) < 4.78 is 5.88. The Bertz CT molecular complexity index is 502. The highest BCUT2D eigenvalue weighted by atomic mass is 79.9. The minimum Gasteiger partial charge on any atom is -0.209 e. The molecule has 15 heavy (non-hydrogen) atoms. The summed E-state index contributed by atoms with van der Waals surface area (Å²) in [5.74, 6) is 1.95. The highest BCUT2D eigenvalue weighted by Gasteiger charge is 2.35. The van der Waals surface area contributed by atoms with Crippen LogP contribution in [0.1, 0.15) is 0 Å². The second-order valence-electron chi connectivity index (χ2n) is 3.33. The van der Waals surface area contributed by atoms with Gasteiger partial charge in [0.2, 0.25) is 0 Å². The zero-order valence-electron chi connectivity index (χ0n) is 7.81. The first-order chi connectivity index (χ1) is 7.34. The van der Waals surface area contributed by atoms with Gasteiger partial charge in [-0.3, -0.25) is 0 Å². The zero-order valence-corrected chi connectivity index (χ0v) is 10.2. The zero-order chi connectivity index (χ0) is 10.3. The Labute approximate surface area is 101 Å². The van der Waals surface area contributed by atoms with Crippen molar-refractivity contribution in [1.29, 1.82) is 0 Å². The maximum atomic E-state index is 5.88. The van der Waals surface area contributed by atoms with Gasteiger partial charge in [-0.15, -0.1) is 0 Å². The van der Waals surface area contributed by atoms with Gasteiger partial charge >= 0.3 is 11.5 Å². The predicted octanol–water partition coefficient (Wildman–Crippen LogP) is 3.83. The normalized spacial score (nSPS) is 22.6. The van der Waals surface area contributed by atoms with E-state index >= 15 is 0 Å². The topological polar surface area (TPSA) is 11.3 Å². The Hall–Kier alpha value is -0.800. The van der Waals surface area contributed by atoms with E-state index in [9.17, 15) is 0 Å². The standard InChI is InChI=1S/C12H8BrOS/c13-8-4-3-7-11-12(8)14-9-5-1-2-6-10(9)15-11/h1-8H/q+1. The monoisotopic (exact) mass is 279 g/mol. The molecule has 1 aromatic carbocycles. The molecule has 0 N–H and O–H groups in total. The average molecular weight is 280 g/mol. The van der Waals surface area contributed by atoms with Crippen molar-refractivity contribution in [3.8, 4) is 5.75 Å². The summed E-state index contributed by atoms with van der Waals surface area (Å²) in [6.45, 7) is 0. The molecule has 74 valence electrons. The van der Waals surface area contributed by atoms with Crippen LogP contribution in [0.4, 0.5) is 0 Å². The Kier molecular flexibility index (Phi) is 2.29. The van der Waals surface area contributed by atoms with E-state index in [-0.39, 0.29) is 4.83 Å². The first kappa shape index (κ1) is 9.43. The maximum Gasteiger partial charge on any atom is 0.366 e. The van der Waals surface area contributed by atoms with E-state index in [2.05, 4.69) is 40.2 Å². The predicted molar refractivity (Wildman–Crippen MR) is 66.7 cm³/mol. The number of carbonyl (C=O) groups excluding carboxylic acids is 1. The smallest absolute Gasteiger partial charge is 0.209 e. The lowest BCUT2D eigenvalue weighted by Gasteiger charge is -2.11. The molecule has 1 aliphatic heterocycles. The lowest BCUT2D eigenvalue weighted by Crippen LogP contribution is -2.18. The van der Waals surface area contributed by atoms with Gasteiger partial charge in [0.1, 0.15) is 14.6 Å². The van der Waals surface area contributed by atoms with E-state index in [1.54, 1.807) is 11.8 Å². The summed E-state index contributed by atoms with van der Waals surface area (Å²) in [6.07, 6.45) is 6.23. The largest absolute Gasteiger partial charge is 0.366 e. The summed E-state index contributed by atoms with van der Waals surface area (Å²) >= 11 is 5.34. The molecule has 3 rings (SSSR count). The van der Waals surface area contributed by atoms with Crippen LogP contribution in [0.2, 0.25) is 0 Å². The molecule has 0 saturated heterocycles. The average Bonchev–Trinajstić information content (AvgIpc) is 2.27. The molecule has 1 atom stereocenters. The molecule has 1 unspecified atom stereocenters. The molecule has 0 amide bonds. The molecular formula is C12H8BrOS+. The SMILES string of the molecule is BrC1C=CC=C2Sc3ccccc3[O+]=C21. The van der Waals surface area contributed by atoms with Gasteiger partial charge in [-0.2, -0.15) is 0 Å². The third-order valence-corrected chi connectivity index (χ3v) is 4.15. The highest BCUT2D eigenvalue weighted by Crippen LogP contribution is 2.41. The van der Waals surface area contributed by atoms with Crippen LogP contribution in [0.3, 0.4) is 0 Å². The number of ketones is 1. The van der Waals surface area contributed by atoms with E-state index in [1.807, 2.05) is 18.2 Å². The fraction of sp³-hybridized carbons (Fsp3) is 0.0833. The van der Waals surface area contributed by atoms with Crippen molar-refractivity contribution in [2.24, 2.45) is 0 Å². The second kappa shape index (κ2) is 3.65. The number of hydrogen-bond acceptors (Lipinski definition) is 1. The summed E-state index contributed by atoms with van der Waals surface area (Å²) in [5, 5.41) is 0. The van der Waals surface area contributed by atoms with Gasteiger partial charge in [0.05, 0.1) is 0 Å². The first-order valence-corrected chi connectivity index (χ1v) is 6.42. The fourth-order valence-corrected chi connectivity index (χ4v) is 3.27. The third kappa shape index (κ3) is 1.60. The molecule has 1 aromatic rings. The number of benzene rings is 1. The van der Waals surface area contributed by atoms with Crippen LogP contribution in [-0.4, -0.2) is 10.6 Å². The van der Waals surface area contributed by atoms with E-state index in [1.165, 1.54) is 9.80 Å². The van der Waals surface area contributed by atoms with Crippen molar-refractivity contribution in [2.45, 2.75) is 9.72 Å². The van der Waals surface area contributed by atoms with Gasteiger partial charge in [0.25, 0.3) is 0 Å². The number of halogens is 1. The van der Waals surface area contributed by atoms with Crippen LogP contribution in [0.25, 0.3) is 0 Å². The van der Waals surface area contributed by atoms with E-state index in [0.717, 1.165) is 11.5 Å². The van der Waals surface area contributed by atoms with Crippen LogP contribution in [0.5, 0.6) is 5.75 Å². The van der Waals surface area contributed by atoms with Crippen LogP contribution >= 0.6 is 27.7 Å². The number of para-hydroxylation sites is 1. The van der Waals surface area contributed by atoms with Gasteiger partial charge < -0.3 is 0 Å². The third-order valence-electron chi connectivity index (χ3n) is 2.31. The summed E-state index contributed by atoms with van der Waals surface area (Å²) in [7, 11) is 0. The molecule has 0 spiro atoms. The molecule has 0 fully saturated rings. The minimum atomic E-state index is 0.193. The van der Waals surface area contributed by atoms with Crippen LogP contribution in [0.15, 0.2) is 52.3 Å². The van der Waals surface area contributed by atoms with Gasteiger partial charge in [-0.05, 0) is 12.1 Å². The number of fused-ring (bicyclic) bond motifs is 2. The van der Waals surface area contributed by atoms with Crippen molar-refractivity contribution in [2.75, 3.05) is 0 Å². The Balaban J connectivity index is 2.16. The second-order valence-corrected chi connectivity index (χ2v) is 5.40. The van der Waals surface area contributed by atoms with Crippen molar-refractivity contribution in [3.63, 3.8) is 0 Å². The first-order valence-electron chi connectivity index (χ1n) is 4.69. The van der Waals surface area contributed by atoms with Crippen molar-refractivity contribution in [1.82, 2.24) is 0 Å². The lowest BCUT2D eigenvalue weighted by atomic mass is 10.1. The van der Waals surface area contributed by atoms with E-state index in [0.29, 0.717) is 0 Å². The Morgan fingerprint density at radius 3 is 3.07 bits per heavy atom. The Morgan fingerprint density at radius 1 is 1.27 bits per heavy atom. The molecule has 0 bridgehead atoms. The Morgan fingerprint density at radius 2 is 2.13 bits per heavy atom. The molecule has 0 saturated carbocycles. The van der Waals surface area contributed by atoms with Crippen molar-refractivity contribution in [3.05, 3.63) is 47.4 Å². The van der Waals surface area contributed by atoms with Crippen LogP contribution in [-0.2, 0) is 4.42 Å². The molecule has 1 aliphatic carbocycles. The number of alkyl halides is 1. The summed E-state index contributed by atoms with van der Waals surface area (Å²) in [5.41, 5.74) is 0. The van der Waals surface area contributed by atoms with E-state index in [4.69, 9.17) is 4.42 Å². The number of rotatable bonds is 0. The maximum absolute atomic E-state index is 5.88. The van der Waals surface area contributed by atoms with Crippen molar-refractivity contribution >= 4 is 33.5 Å². The summed E-state index contributed by atoms with van der Waals surface area (Å²) in [4.78, 5) is 2.57. The van der Waals surface area contributed by atoms with Gasteiger partial charge in [0, 0.05) is 6.07 Å². The summed E-state index contributed by atoms with van der Waals surface area (Å²) in [6, 6.07) is 8.12. The molecule has 3 heteroatoms.